The van der Waals surface area contributed by atoms with Crippen molar-refractivity contribution >= 4 is 23.2 Å². The molecule has 0 radical (unpaired) electrons. The van der Waals surface area contributed by atoms with Gasteiger partial charge in [0.1, 0.15) is 0 Å². The molecule has 26 heavy (non-hydrogen) atoms. The largest absolute Gasteiger partial charge is 0.343 e. The van der Waals surface area contributed by atoms with Crippen LogP contribution in [0.3, 0.4) is 0 Å². The quantitative estimate of drug-likeness (QED) is 0.828. The molecule has 1 aliphatic heterocycles. The van der Waals surface area contributed by atoms with E-state index in [4.69, 9.17) is 0 Å². The number of nitrogens with zero attached hydrogens (tertiary/aromatic N) is 5. The fourth-order valence-corrected chi connectivity index (χ4v) is 4.84. The van der Waals surface area contributed by atoms with Crippen LogP contribution in [-0.2, 0) is 0 Å². The molecule has 0 N–H and O–H groups in total. The van der Waals surface area contributed by atoms with Gasteiger partial charge in [0.25, 0.3) is 11.8 Å². The van der Waals surface area contributed by atoms with E-state index in [1.54, 1.807) is 20.3 Å². The predicted octanol–water partition coefficient (Wildman–Crippen LogP) is 2.30. The van der Waals surface area contributed by atoms with Crippen molar-refractivity contribution in [2.75, 3.05) is 27.2 Å². The zero-order valence-corrected chi connectivity index (χ0v) is 15.9. The number of thiophene rings is 1. The molecule has 1 aliphatic carbocycles. The summed E-state index contributed by atoms with van der Waals surface area (Å²) in [7, 11) is 3.43. The molecule has 8 heteroatoms. The summed E-state index contributed by atoms with van der Waals surface area (Å²) in [5, 5.41) is 10.2. The van der Waals surface area contributed by atoms with Crippen molar-refractivity contribution < 1.29 is 9.59 Å². The molecule has 0 aromatic carbocycles. The van der Waals surface area contributed by atoms with E-state index < -0.39 is 0 Å². The molecule has 2 aliphatic rings. The molecule has 1 unspecified atom stereocenters. The van der Waals surface area contributed by atoms with Gasteiger partial charge in [-0.1, -0.05) is 11.3 Å². The van der Waals surface area contributed by atoms with Gasteiger partial charge in [0.05, 0.1) is 17.1 Å². The third kappa shape index (κ3) is 2.82. The van der Waals surface area contributed by atoms with Crippen molar-refractivity contribution in [2.24, 2.45) is 5.41 Å². The summed E-state index contributed by atoms with van der Waals surface area (Å²) < 4.78 is 1.87. The lowest BCUT2D eigenvalue weighted by molar-refractivity contribution is -0.0267. The van der Waals surface area contributed by atoms with Crippen molar-refractivity contribution in [3.8, 4) is 0 Å². The Balaban J connectivity index is 1.43. The third-order valence-corrected chi connectivity index (χ3v) is 6.71. The maximum Gasteiger partial charge on any atom is 0.275 e. The lowest BCUT2D eigenvalue weighted by Crippen LogP contribution is -2.51. The molecule has 7 nitrogen and oxygen atoms in total. The number of carbonyl (C=O) groups excluding carboxylic acids is 2. The van der Waals surface area contributed by atoms with Crippen molar-refractivity contribution in [2.45, 2.75) is 31.7 Å². The molecule has 2 aromatic rings. The number of likely N-dealkylation sites (tertiary alicyclic amines) is 1. The van der Waals surface area contributed by atoms with E-state index in [-0.39, 0.29) is 23.3 Å². The van der Waals surface area contributed by atoms with Crippen LogP contribution in [0, 0.1) is 5.41 Å². The number of piperidine rings is 1. The SMILES string of the molecule is CN(C)C(=O)c1cn(C2CCC23CCN(C(=O)c2cccs2)CC3)nn1. The number of amides is 2. The second-order valence-electron chi connectivity index (χ2n) is 7.47. The first-order chi connectivity index (χ1) is 12.5. The summed E-state index contributed by atoms with van der Waals surface area (Å²) in [5.74, 6) is 0.0198. The molecule has 1 saturated heterocycles. The Morgan fingerprint density at radius 2 is 2.04 bits per heavy atom. The highest BCUT2D eigenvalue weighted by atomic mass is 32.1. The van der Waals surface area contributed by atoms with Crippen molar-refractivity contribution in [1.82, 2.24) is 24.8 Å². The van der Waals surface area contributed by atoms with E-state index in [2.05, 4.69) is 10.3 Å². The zero-order chi connectivity index (χ0) is 18.3. The molecule has 4 rings (SSSR count). The van der Waals surface area contributed by atoms with Gasteiger partial charge in [0.15, 0.2) is 5.69 Å². The summed E-state index contributed by atoms with van der Waals surface area (Å²) in [6.07, 6.45) is 5.93. The highest BCUT2D eigenvalue weighted by Crippen LogP contribution is 2.56. The summed E-state index contributed by atoms with van der Waals surface area (Å²) >= 11 is 1.50. The van der Waals surface area contributed by atoms with Crippen LogP contribution in [0.1, 0.15) is 51.9 Å². The van der Waals surface area contributed by atoms with Gasteiger partial charge in [-0.25, -0.2) is 4.68 Å². The van der Waals surface area contributed by atoms with Gasteiger partial charge in [-0.05, 0) is 42.5 Å². The number of hydrogen-bond donors (Lipinski definition) is 0. The molecule has 2 fully saturated rings. The highest BCUT2D eigenvalue weighted by molar-refractivity contribution is 7.12. The summed E-state index contributed by atoms with van der Waals surface area (Å²) in [6, 6.07) is 4.09. The molecule has 138 valence electrons. The van der Waals surface area contributed by atoms with Gasteiger partial charge in [-0.15, -0.1) is 16.4 Å². The normalized spacial score (nSPS) is 21.5. The van der Waals surface area contributed by atoms with Crippen LogP contribution in [0.4, 0.5) is 0 Å². The average Bonchev–Trinajstić information content (AvgIpc) is 3.32. The topological polar surface area (TPSA) is 71.3 Å². The first-order valence-corrected chi connectivity index (χ1v) is 9.84. The van der Waals surface area contributed by atoms with E-state index in [9.17, 15) is 9.59 Å². The van der Waals surface area contributed by atoms with Crippen LogP contribution >= 0.6 is 11.3 Å². The lowest BCUT2D eigenvalue weighted by atomic mass is 9.59. The van der Waals surface area contributed by atoms with E-state index in [1.165, 1.54) is 16.2 Å². The van der Waals surface area contributed by atoms with Gasteiger partial charge in [0, 0.05) is 27.2 Å². The fourth-order valence-electron chi connectivity index (χ4n) is 4.15. The van der Waals surface area contributed by atoms with E-state index in [1.807, 2.05) is 27.1 Å². The Bertz CT molecular complexity index is 805. The molecule has 1 spiro atoms. The Labute approximate surface area is 156 Å². The molecule has 3 heterocycles. The Kier molecular flexibility index (Phi) is 4.30. The van der Waals surface area contributed by atoms with Crippen LogP contribution in [0.2, 0.25) is 0 Å². The Morgan fingerprint density at radius 3 is 2.62 bits per heavy atom. The van der Waals surface area contributed by atoms with Crippen molar-refractivity contribution in [1.29, 1.82) is 0 Å². The standard InChI is InChI=1S/C18H23N5O2S/c1-21(2)16(24)13-12-23(20-19-13)15-5-6-18(15)7-9-22(10-8-18)17(25)14-4-3-11-26-14/h3-4,11-12,15H,5-10H2,1-2H3. The summed E-state index contributed by atoms with van der Waals surface area (Å²) in [5.41, 5.74) is 0.570. The van der Waals surface area contributed by atoms with Crippen LogP contribution < -0.4 is 0 Å². The smallest absolute Gasteiger partial charge is 0.275 e. The average molecular weight is 373 g/mol. The Morgan fingerprint density at radius 1 is 1.27 bits per heavy atom. The van der Waals surface area contributed by atoms with Gasteiger partial charge in [-0.3, -0.25) is 9.59 Å². The number of rotatable bonds is 3. The van der Waals surface area contributed by atoms with Crippen molar-refractivity contribution in [3.63, 3.8) is 0 Å². The molecule has 2 aromatic heterocycles. The van der Waals surface area contributed by atoms with E-state index in [0.717, 1.165) is 43.6 Å². The number of hydrogen-bond acceptors (Lipinski definition) is 5. The molecular weight excluding hydrogens is 350 g/mol. The van der Waals surface area contributed by atoms with Crippen LogP contribution in [0.15, 0.2) is 23.7 Å². The monoisotopic (exact) mass is 373 g/mol. The Hall–Kier alpha value is -2.22. The first kappa shape index (κ1) is 17.2. The van der Waals surface area contributed by atoms with E-state index in [0.29, 0.717) is 5.69 Å². The van der Waals surface area contributed by atoms with Crippen LogP contribution in [0.25, 0.3) is 0 Å². The van der Waals surface area contributed by atoms with E-state index >= 15 is 0 Å². The maximum absolute atomic E-state index is 12.5. The number of aromatic nitrogens is 3. The van der Waals surface area contributed by atoms with Gasteiger partial charge in [-0.2, -0.15) is 0 Å². The molecular formula is C18H23N5O2S. The van der Waals surface area contributed by atoms with Gasteiger partial charge < -0.3 is 9.80 Å². The highest BCUT2D eigenvalue weighted by Gasteiger charge is 2.50. The minimum absolute atomic E-state index is 0.124. The molecule has 1 saturated carbocycles. The van der Waals surface area contributed by atoms with Crippen molar-refractivity contribution in [3.05, 3.63) is 34.3 Å². The van der Waals surface area contributed by atoms with Crippen LogP contribution in [0.5, 0.6) is 0 Å². The summed E-state index contributed by atoms with van der Waals surface area (Å²) in [6.45, 7) is 1.57. The second-order valence-corrected chi connectivity index (χ2v) is 8.42. The second kappa shape index (κ2) is 6.50. The first-order valence-electron chi connectivity index (χ1n) is 8.96. The number of carbonyl (C=O) groups is 2. The molecule has 1 atom stereocenters. The third-order valence-electron chi connectivity index (χ3n) is 5.86. The fraction of sp³-hybridized carbons (Fsp3) is 0.556. The molecule has 0 bridgehead atoms. The maximum atomic E-state index is 12.5. The minimum Gasteiger partial charge on any atom is -0.343 e. The summed E-state index contributed by atoms with van der Waals surface area (Å²) in [4.78, 5) is 28.9. The molecule has 2 amide bonds. The predicted molar refractivity (Wildman–Crippen MR) is 98.2 cm³/mol. The lowest BCUT2D eigenvalue weighted by Gasteiger charge is -2.53. The zero-order valence-electron chi connectivity index (χ0n) is 15.1. The van der Waals surface area contributed by atoms with Crippen LogP contribution in [-0.4, -0.2) is 63.8 Å². The van der Waals surface area contributed by atoms with Gasteiger partial charge in [0.2, 0.25) is 0 Å². The minimum atomic E-state index is -0.124. The van der Waals surface area contributed by atoms with Gasteiger partial charge >= 0.3 is 0 Å².